The smallest absolute Gasteiger partial charge is 0.0212 e. The van der Waals surface area contributed by atoms with Crippen LogP contribution in [0.15, 0.2) is 0 Å². The van der Waals surface area contributed by atoms with Crippen molar-refractivity contribution >= 4 is 11.9 Å². The van der Waals surface area contributed by atoms with Crippen LogP contribution >= 0.6 is 11.9 Å². The highest BCUT2D eigenvalue weighted by atomic mass is 32.2. The fourth-order valence-electron chi connectivity index (χ4n) is 2.16. The molecular weight excluding hydrogens is 154 g/mol. The highest BCUT2D eigenvalue weighted by Gasteiger charge is 2.36. The van der Waals surface area contributed by atoms with E-state index >= 15 is 0 Å². The molecule has 1 fully saturated rings. The maximum absolute atomic E-state index is 2.40. The first-order valence-corrected chi connectivity index (χ1v) is 5.27. The summed E-state index contributed by atoms with van der Waals surface area (Å²) in [5.74, 6) is 1.68. The van der Waals surface area contributed by atoms with Crippen molar-refractivity contribution in [1.82, 2.24) is 4.31 Å². The lowest BCUT2D eigenvalue weighted by atomic mass is 9.87. The second-order valence-electron chi connectivity index (χ2n) is 3.92. The third-order valence-corrected chi connectivity index (χ3v) is 4.09. The van der Waals surface area contributed by atoms with E-state index in [4.69, 9.17) is 0 Å². The predicted octanol–water partition coefficient (Wildman–Crippen LogP) is 2.63. The summed E-state index contributed by atoms with van der Waals surface area (Å²) in [5, 5.41) is 0.801. The highest BCUT2D eigenvalue weighted by Crippen LogP contribution is 2.40. The highest BCUT2D eigenvalue weighted by molar-refractivity contribution is 7.97. The van der Waals surface area contributed by atoms with Gasteiger partial charge >= 0.3 is 0 Å². The lowest BCUT2D eigenvalue weighted by molar-refractivity contribution is 0.271. The van der Waals surface area contributed by atoms with E-state index in [1.54, 1.807) is 0 Å². The Morgan fingerprint density at radius 2 is 1.82 bits per heavy atom. The Balaban J connectivity index is 2.63. The monoisotopic (exact) mass is 173 g/mol. The van der Waals surface area contributed by atoms with Crippen molar-refractivity contribution in [3.8, 4) is 0 Å². The van der Waals surface area contributed by atoms with Crippen molar-refractivity contribution in [2.45, 2.75) is 39.0 Å². The molecule has 1 heterocycles. The zero-order valence-electron chi connectivity index (χ0n) is 8.16. The standard InChI is InChI=1S/C9H19NS/c1-6(2)9-7(3)10(5)11-8(9)4/h6-9H,1-5H3. The summed E-state index contributed by atoms with van der Waals surface area (Å²) in [4.78, 5) is 0. The molecule has 0 aromatic heterocycles. The van der Waals surface area contributed by atoms with Crippen LogP contribution in [0.4, 0.5) is 0 Å². The van der Waals surface area contributed by atoms with Gasteiger partial charge in [-0.2, -0.15) is 0 Å². The minimum atomic E-state index is 0.745. The molecule has 3 atom stereocenters. The van der Waals surface area contributed by atoms with Crippen LogP contribution < -0.4 is 0 Å². The summed E-state index contributed by atoms with van der Waals surface area (Å²) >= 11 is 2.00. The molecule has 0 aromatic rings. The van der Waals surface area contributed by atoms with Crippen molar-refractivity contribution in [3.63, 3.8) is 0 Å². The van der Waals surface area contributed by atoms with E-state index in [2.05, 4.69) is 39.0 Å². The Labute approximate surface area is 74.7 Å². The first kappa shape index (κ1) is 9.40. The van der Waals surface area contributed by atoms with Crippen LogP contribution in [0.5, 0.6) is 0 Å². The average molecular weight is 173 g/mol. The van der Waals surface area contributed by atoms with Gasteiger partial charge in [0, 0.05) is 11.3 Å². The van der Waals surface area contributed by atoms with Gasteiger partial charge in [0.2, 0.25) is 0 Å². The minimum absolute atomic E-state index is 0.745. The Morgan fingerprint density at radius 1 is 1.27 bits per heavy atom. The number of hydrogen-bond acceptors (Lipinski definition) is 2. The fourth-order valence-corrected chi connectivity index (χ4v) is 3.70. The molecule has 1 aliphatic heterocycles. The number of rotatable bonds is 1. The Bertz CT molecular complexity index is 136. The van der Waals surface area contributed by atoms with Gasteiger partial charge in [0.1, 0.15) is 0 Å². The van der Waals surface area contributed by atoms with Gasteiger partial charge in [-0.05, 0) is 25.8 Å². The van der Waals surface area contributed by atoms with E-state index in [1.165, 1.54) is 0 Å². The molecule has 1 nitrogen and oxygen atoms in total. The van der Waals surface area contributed by atoms with Gasteiger partial charge in [-0.15, -0.1) is 0 Å². The molecule has 0 spiro atoms. The maximum atomic E-state index is 2.40. The lowest BCUT2D eigenvalue weighted by Crippen LogP contribution is -2.29. The van der Waals surface area contributed by atoms with Gasteiger partial charge in [-0.3, -0.25) is 4.31 Å². The van der Waals surface area contributed by atoms with Crippen LogP contribution in [-0.4, -0.2) is 22.6 Å². The van der Waals surface area contributed by atoms with Gasteiger partial charge in [-0.1, -0.05) is 32.7 Å². The van der Waals surface area contributed by atoms with Gasteiger partial charge in [-0.25, -0.2) is 0 Å². The SMILES string of the molecule is CC(C)C1C(C)SN(C)C1C. The molecule has 0 aliphatic carbocycles. The van der Waals surface area contributed by atoms with Crippen molar-refractivity contribution in [2.24, 2.45) is 11.8 Å². The predicted molar refractivity (Wildman–Crippen MR) is 52.6 cm³/mol. The molecule has 3 unspecified atom stereocenters. The van der Waals surface area contributed by atoms with Crippen LogP contribution in [0.3, 0.4) is 0 Å². The third-order valence-electron chi connectivity index (χ3n) is 2.77. The van der Waals surface area contributed by atoms with Crippen molar-refractivity contribution < 1.29 is 0 Å². The molecular formula is C9H19NS. The molecule has 1 saturated heterocycles. The zero-order chi connectivity index (χ0) is 8.59. The molecule has 0 bridgehead atoms. The number of nitrogens with zero attached hydrogens (tertiary/aromatic N) is 1. The van der Waals surface area contributed by atoms with Crippen LogP contribution in [0.1, 0.15) is 27.7 Å². The van der Waals surface area contributed by atoms with E-state index in [-0.39, 0.29) is 0 Å². The summed E-state index contributed by atoms with van der Waals surface area (Å²) in [6.07, 6.45) is 0. The average Bonchev–Trinajstić information content (AvgIpc) is 2.07. The second kappa shape index (κ2) is 3.36. The van der Waals surface area contributed by atoms with E-state index in [1.807, 2.05) is 11.9 Å². The molecule has 0 aromatic carbocycles. The first-order valence-electron chi connectivity index (χ1n) is 4.43. The summed E-state index contributed by atoms with van der Waals surface area (Å²) in [5.41, 5.74) is 0. The molecule has 0 amide bonds. The molecule has 11 heavy (non-hydrogen) atoms. The molecule has 1 rings (SSSR count). The largest absolute Gasteiger partial charge is 0.250 e. The van der Waals surface area contributed by atoms with Crippen LogP contribution in [0.2, 0.25) is 0 Å². The van der Waals surface area contributed by atoms with E-state index in [0.29, 0.717) is 0 Å². The molecule has 66 valence electrons. The normalized spacial score (nSPS) is 40.4. The fraction of sp³-hybridized carbons (Fsp3) is 1.00. The summed E-state index contributed by atoms with van der Waals surface area (Å²) in [6, 6.07) is 0.745. The van der Waals surface area contributed by atoms with Gasteiger partial charge in [0.15, 0.2) is 0 Å². The molecule has 0 N–H and O–H groups in total. The zero-order valence-corrected chi connectivity index (χ0v) is 8.98. The third kappa shape index (κ3) is 1.73. The second-order valence-corrected chi connectivity index (χ2v) is 5.45. The summed E-state index contributed by atoms with van der Waals surface area (Å²) < 4.78 is 2.40. The Hall–Kier alpha value is 0.310. The van der Waals surface area contributed by atoms with Gasteiger partial charge < -0.3 is 0 Å². The van der Waals surface area contributed by atoms with Gasteiger partial charge in [0.05, 0.1) is 0 Å². The Morgan fingerprint density at radius 3 is 2.00 bits per heavy atom. The summed E-state index contributed by atoms with van der Waals surface area (Å²) in [7, 11) is 2.20. The van der Waals surface area contributed by atoms with E-state index in [0.717, 1.165) is 23.1 Å². The van der Waals surface area contributed by atoms with Crippen molar-refractivity contribution in [1.29, 1.82) is 0 Å². The molecule has 1 aliphatic rings. The van der Waals surface area contributed by atoms with Gasteiger partial charge in [0.25, 0.3) is 0 Å². The minimum Gasteiger partial charge on any atom is -0.250 e. The van der Waals surface area contributed by atoms with Crippen molar-refractivity contribution in [3.05, 3.63) is 0 Å². The summed E-state index contributed by atoms with van der Waals surface area (Å²) in [6.45, 7) is 9.34. The lowest BCUT2D eigenvalue weighted by Gasteiger charge is -2.23. The topological polar surface area (TPSA) is 3.24 Å². The molecule has 2 heteroatoms. The van der Waals surface area contributed by atoms with Crippen LogP contribution in [-0.2, 0) is 0 Å². The van der Waals surface area contributed by atoms with Crippen LogP contribution in [0, 0.1) is 11.8 Å². The van der Waals surface area contributed by atoms with E-state index < -0.39 is 0 Å². The Kier molecular flexibility index (Phi) is 2.87. The van der Waals surface area contributed by atoms with Crippen molar-refractivity contribution in [2.75, 3.05) is 7.05 Å². The number of hydrogen-bond donors (Lipinski definition) is 0. The first-order chi connectivity index (χ1) is 5.04. The van der Waals surface area contributed by atoms with E-state index in [9.17, 15) is 0 Å². The molecule has 0 radical (unpaired) electrons. The van der Waals surface area contributed by atoms with Crippen LogP contribution in [0.25, 0.3) is 0 Å². The maximum Gasteiger partial charge on any atom is 0.0212 e. The molecule has 0 saturated carbocycles. The quantitative estimate of drug-likeness (QED) is 0.561.